The van der Waals surface area contributed by atoms with Crippen LogP contribution in [0.25, 0.3) is 0 Å². The zero-order chi connectivity index (χ0) is 11.8. The lowest BCUT2D eigenvalue weighted by molar-refractivity contribution is -0.109. The van der Waals surface area contributed by atoms with Crippen LogP contribution < -0.4 is 0 Å². The van der Waals surface area contributed by atoms with Gasteiger partial charge in [-0.05, 0) is 17.7 Å². The summed E-state index contributed by atoms with van der Waals surface area (Å²) in [4.78, 5) is 10.7. The highest BCUT2D eigenvalue weighted by molar-refractivity contribution is 9.08. The van der Waals surface area contributed by atoms with Crippen molar-refractivity contribution in [1.82, 2.24) is 0 Å². The lowest BCUT2D eigenvalue weighted by Crippen LogP contribution is -1.84. The summed E-state index contributed by atoms with van der Waals surface area (Å²) in [5.74, 6) is 6.95. The largest absolute Gasteiger partial charge is 0.288 e. The molecule has 16 heavy (non-hydrogen) atoms. The molecule has 1 nitrogen and oxygen atoms in total. The predicted octanol–water partition coefficient (Wildman–Crippen LogP) is 3.60. The van der Waals surface area contributed by atoms with Crippen molar-refractivity contribution >= 4 is 32.8 Å². The van der Waals surface area contributed by atoms with Gasteiger partial charge in [0.2, 0.25) is 0 Å². The molecule has 1 aromatic carbocycles. The Balaban J connectivity index is 2.46. The molecule has 0 heterocycles. The second kappa shape index (κ2) is 7.54. The van der Waals surface area contributed by atoms with Gasteiger partial charge in [-0.1, -0.05) is 51.7 Å². The maximum Gasteiger partial charge on any atom is 0.185 e. The Hall–Kier alpha value is -0.720. The zero-order valence-electron chi connectivity index (χ0n) is 9.13. The van der Waals surface area contributed by atoms with E-state index in [4.69, 9.17) is 0 Å². The quantitative estimate of drug-likeness (QED) is 0.482. The first-order valence-electron chi connectivity index (χ1n) is 4.99. The standard InChI is InChI=1S/C13H13BrOS/c1-11(15)16-8-3-2-5-12-6-4-7-13(9-12)10-14/h4,6-7,9H,3,8,10H2,1H3. The summed E-state index contributed by atoms with van der Waals surface area (Å²) in [7, 11) is 0. The van der Waals surface area contributed by atoms with Crippen molar-refractivity contribution in [3.63, 3.8) is 0 Å². The van der Waals surface area contributed by atoms with Crippen molar-refractivity contribution < 1.29 is 4.79 Å². The molecule has 0 aromatic heterocycles. The molecule has 0 bridgehead atoms. The van der Waals surface area contributed by atoms with Gasteiger partial charge in [0, 0.05) is 30.0 Å². The van der Waals surface area contributed by atoms with Crippen molar-refractivity contribution in [3.05, 3.63) is 35.4 Å². The van der Waals surface area contributed by atoms with E-state index in [1.807, 2.05) is 12.1 Å². The molecular formula is C13H13BrOS. The second-order valence-electron chi connectivity index (χ2n) is 3.23. The Labute approximate surface area is 109 Å². The number of halogens is 1. The average molecular weight is 297 g/mol. The van der Waals surface area contributed by atoms with Gasteiger partial charge in [0.05, 0.1) is 0 Å². The summed E-state index contributed by atoms with van der Waals surface area (Å²) in [6.07, 6.45) is 0.753. The fraction of sp³-hybridized carbons (Fsp3) is 0.308. The van der Waals surface area contributed by atoms with Gasteiger partial charge < -0.3 is 0 Å². The summed E-state index contributed by atoms with van der Waals surface area (Å²) in [6.45, 7) is 1.58. The molecule has 0 aliphatic heterocycles. The third kappa shape index (κ3) is 5.39. The van der Waals surface area contributed by atoms with Crippen molar-refractivity contribution in [3.8, 4) is 11.8 Å². The topological polar surface area (TPSA) is 17.1 Å². The highest BCUT2D eigenvalue weighted by atomic mass is 79.9. The Morgan fingerprint density at radius 3 is 3.00 bits per heavy atom. The average Bonchev–Trinajstić information content (AvgIpc) is 2.28. The van der Waals surface area contributed by atoms with Gasteiger partial charge in [0.1, 0.15) is 0 Å². The SMILES string of the molecule is CC(=O)SCCC#Cc1cccc(CBr)c1. The fourth-order valence-corrected chi connectivity index (χ4v) is 1.98. The van der Waals surface area contributed by atoms with Crippen LogP contribution in [0.15, 0.2) is 24.3 Å². The number of benzene rings is 1. The van der Waals surface area contributed by atoms with E-state index in [0.29, 0.717) is 0 Å². The lowest BCUT2D eigenvalue weighted by Gasteiger charge is -1.95. The van der Waals surface area contributed by atoms with Gasteiger partial charge in [-0.15, -0.1) is 0 Å². The van der Waals surface area contributed by atoms with Crippen LogP contribution in [0, 0.1) is 11.8 Å². The number of carbonyl (C=O) groups is 1. The molecule has 0 aliphatic rings. The molecule has 1 rings (SSSR count). The molecule has 0 radical (unpaired) electrons. The van der Waals surface area contributed by atoms with E-state index in [9.17, 15) is 4.79 Å². The molecule has 1 aromatic rings. The number of rotatable bonds is 3. The van der Waals surface area contributed by atoms with Crippen LogP contribution in [0.5, 0.6) is 0 Å². The third-order valence-electron chi connectivity index (χ3n) is 1.85. The maximum atomic E-state index is 10.7. The summed E-state index contributed by atoms with van der Waals surface area (Å²) in [5, 5.41) is 1.01. The second-order valence-corrected chi connectivity index (χ2v) is 5.06. The van der Waals surface area contributed by atoms with Crippen molar-refractivity contribution in [2.45, 2.75) is 18.7 Å². The van der Waals surface area contributed by atoms with Crippen molar-refractivity contribution in [2.75, 3.05) is 5.75 Å². The van der Waals surface area contributed by atoms with Gasteiger partial charge in [0.25, 0.3) is 0 Å². The van der Waals surface area contributed by atoms with Gasteiger partial charge in [-0.25, -0.2) is 0 Å². The number of carbonyl (C=O) groups excluding carboxylic acids is 1. The zero-order valence-corrected chi connectivity index (χ0v) is 11.5. The fourth-order valence-electron chi connectivity index (χ4n) is 1.14. The van der Waals surface area contributed by atoms with Crippen LogP contribution >= 0.6 is 27.7 Å². The number of alkyl halides is 1. The molecule has 0 N–H and O–H groups in total. The molecule has 84 valence electrons. The van der Waals surface area contributed by atoms with E-state index in [-0.39, 0.29) is 5.12 Å². The maximum absolute atomic E-state index is 10.7. The van der Waals surface area contributed by atoms with Crippen LogP contribution in [0.3, 0.4) is 0 Å². The van der Waals surface area contributed by atoms with Crippen LogP contribution in [0.2, 0.25) is 0 Å². The molecule has 0 saturated heterocycles. The minimum atomic E-state index is 0.156. The van der Waals surface area contributed by atoms with E-state index >= 15 is 0 Å². The van der Waals surface area contributed by atoms with E-state index in [2.05, 4.69) is 39.9 Å². The Morgan fingerprint density at radius 1 is 1.50 bits per heavy atom. The molecule has 0 fully saturated rings. The summed E-state index contributed by atoms with van der Waals surface area (Å²) in [6, 6.07) is 8.13. The minimum absolute atomic E-state index is 0.156. The van der Waals surface area contributed by atoms with Crippen LogP contribution in [0.1, 0.15) is 24.5 Å². The highest BCUT2D eigenvalue weighted by Gasteiger charge is 1.92. The molecule has 0 aliphatic carbocycles. The van der Waals surface area contributed by atoms with E-state index < -0.39 is 0 Å². The number of hydrogen-bond acceptors (Lipinski definition) is 2. The Kier molecular flexibility index (Phi) is 6.29. The molecule has 3 heteroatoms. The van der Waals surface area contributed by atoms with Crippen LogP contribution in [-0.2, 0) is 10.1 Å². The summed E-state index contributed by atoms with van der Waals surface area (Å²) < 4.78 is 0. The van der Waals surface area contributed by atoms with Gasteiger partial charge in [-0.2, -0.15) is 0 Å². The summed E-state index contributed by atoms with van der Waals surface area (Å²) in [5.41, 5.74) is 2.26. The van der Waals surface area contributed by atoms with Gasteiger partial charge in [0.15, 0.2) is 5.12 Å². The Morgan fingerprint density at radius 2 is 2.31 bits per heavy atom. The molecular weight excluding hydrogens is 284 g/mol. The number of hydrogen-bond donors (Lipinski definition) is 0. The van der Waals surface area contributed by atoms with E-state index in [1.165, 1.54) is 17.3 Å². The van der Waals surface area contributed by atoms with Crippen LogP contribution in [-0.4, -0.2) is 10.9 Å². The lowest BCUT2D eigenvalue weighted by atomic mass is 10.1. The van der Waals surface area contributed by atoms with Gasteiger partial charge >= 0.3 is 0 Å². The first-order chi connectivity index (χ1) is 7.72. The summed E-state index contributed by atoms with van der Waals surface area (Å²) >= 11 is 4.74. The molecule has 0 atom stereocenters. The van der Waals surface area contributed by atoms with Gasteiger partial charge in [-0.3, -0.25) is 4.79 Å². The molecule has 0 saturated carbocycles. The van der Waals surface area contributed by atoms with Crippen molar-refractivity contribution in [2.24, 2.45) is 0 Å². The normalized spacial score (nSPS) is 9.38. The van der Waals surface area contributed by atoms with E-state index in [0.717, 1.165) is 23.1 Å². The van der Waals surface area contributed by atoms with Crippen LogP contribution in [0.4, 0.5) is 0 Å². The first-order valence-corrected chi connectivity index (χ1v) is 7.10. The predicted molar refractivity (Wildman–Crippen MR) is 73.7 cm³/mol. The monoisotopic (exact) mass is 296 g/mol. The molecule has 0 unspecified atom stereocenters. The third-order valence-corrected chi connectivity index (χ3v) is 3.31. The van der Waals surface area contributed by atoms with Crippen molar-refractivity contribution in [1.29, 1.82) is 0 Å². The smallest absolute Gasteiger partial charge is 0.185 e. The number of thioether (sulfide) groups is 1. The van der Waals surface area contributed by atoms with E-state index in [1.54, 1.807) is 6.92 Å². The first kappa shape index (κ1) is 13.3. The molecule has 0 spiro atoms. The minimum Gasteiger partial charge on any atom is -0.288 e. The highest BCUT2D eigenvalue weighted by Crippen LogP contribution is 2.08. The Bertz CT molecular complexity index is 417. The molecule has 0 amide bonds.